The van der Waals surface area contributed by atoms with Gasteiger partial charge in [0.05, 0.1) is 5.75 Å². The summed E-state index contributed by atoms with van der Waals surface area (Å²) in [5, 5.41) is 3.17. The number of aromatic nitrogens is 2. The number of nitrogens with zero attached hydrogens (tertiary/aromatic N) is 2. The molecule has 0 fully saturated rings. The van der Waals surface area contributed by atoms with Crippen LogP contribution in [-0.2, 0) is 15.6 Å². The number of hydrogen-bond donors (Lipinski definition) is 0. The van der Waals surface area contributed by atoms with Crippen molar-refractivity contribution >= 4 is 21.4 Å². The summed E-state index contributed by atoms with van der Waals surface area (Å²) in [5.41, 5.74) is 0.562. The van der Waals surface area contributed by atoms with Gasteiger partial charge >= 0.3 is 0 Å². The zero-order valence-electron chi connectivity index (χ0n) is 10.5. The van der Waals surface area contributed by atoms with Crippen molar-refractivity contribution in [2.45, 2.75) is 24.9 Å². The lowest BCUT2D eigenvalue weighted by Crippen LogP contribution is -2.13. The van der Waals surface area contributed by atoms with Crippen LogP contribution in [0.1, 0.15) is 29.5 Å². The molecule has 1 atom stereocenters. The zero-order chi connectivity index (χ0) is 14.0. The highest BCUT2D eigenvalue weighted by Gasteiger charge is 2.28. The molecule has 0 aliphatic carbocycles. The van der Waals surface area contributed by atoms with Crippen molar-refractivity contribution < 1.29 is 12.9 Å². The third kappa shape index (κ3) is 3.13. The van der Waals surface area contributed by atoms with E-state index >= 15 is 0 Å². The second-order valence-electron chi connectivity index (χ2n) is 4.22. The highest BCUT2D eigenvalue weighted by Crippen LogP contribution is 2.26. The maximum absolute atomic E-state index is 12.3. The van der Waals surface area contributed by atoms with Crippen LogP contribution in [0, 0.1) is 6.92 Å². The van der Waals surface area contributed by atoms with Gasteiger partial charge in [-0.3, -0.25) is 0 Å². The van der Waals surface area contributed by atoms with E-state index in [1.54, 1.807) is 31.2 Å². The van der Waals surface area contributed by atoms with E-state index in [2.05, 4.69) is 10.1 Å². The van der Waals surface area contributed by atoms with E-state index in [1.165, 1.54) is 6.92 Å². The van der Waals surface area contributed by atoms with Gasteiger partial charge in [0.15, 0.2) is 15.7 Å². The first-order chi connectivity index (χ1) is 8.90. The molecule has 1 aromatic carbocycles. The first-order valence-corrected chi connectivity index (χ1v) is 7.74. The highest BCUT2D eigenvalue weighted by atomic mass is 35.5. The minimum absolute atomic E-state index is 0.101. The number of rotatable bonds is 4. The zero-order valence-corrected chi connectivity index (χ0v) is 12.1. The summed E-state index contributed by atoms with van der Waals surface area (Å²) in [6, 6.07) is 6.85. The van der Waals surface area contributed by atoms with E-state index in [0.717, 1.165) is 0 Å². The Labute approximate surface area is 116 Å². The molecule has 1 unspecified atom stereocenters. The molecule has 1 aromatic heterocycles. The van der Waals surface area contributed by atoms with E-state index in [4.69, 9.17) is 16.1 Å². The summed E-state index contributed by atoms with van der Waals surface area (Å²) in [4.78, 5) is 3.95. The van der Waals surface area contributed by atoms with E-state index in [1.807, 2.05) is 0 Å². The lowest BCUT2D eigenvalue weighted by atomic mass is 10.2. The molecule has 0 aliphatic rings. The van der Waals surface area contributed by atoms with Crippen molar-refractivity contribution in [1.82, 2.24) is 10.1 Å². The fourth-order valence-corrected chi connectivity index (χ4v) is 3.21. The normalized spacial score (nSPS) is 13.4. The monoisotopic (exact) mass is 300 g/mol. The Bertz CT molecular complexity index is 682. The molecule has 1 heterocycles. The third-order valence-electron chi connectivity index (χ3n) is 2.74. The van der Waals surface area contributed by atoms with Gasteiger partial charge in [-0.05, 0) is 25.5 Å². The maximum Gasteiger partial charge on any atom is 0.244 e. The second-order valence-corrected chi connectivity index (χ2v) is 6.95. The molecular formula is C12H13ClN2O3S. The molecule has 0 aliphatic heterocycles. The predicted molar refractivity (Wildman–Crippen MR) is 71.5 cm³/mol. The Morgan fingerprint density at radius 3 is 2.63 bits per heavy atom. The molecular weight excluding hydrogens is 288 g/mol. The molecule has 0 N–H and O–H groups in total. The van der Waals surface area contributed by atoms with Crippen molar-refractivity contribution in [3.63, 3.8) is 0 Å². The van der Waals surface area contributed by atoms with Gasteiger partial charge in [-0.15, -0.1) is 0 Å². The first kappa shape index (κ1) is 14.0. The summed E-state index contributed by atoms with van der Waals surface area (Å²) < 4.78 is 29.5. The Balaban J connectivity index is 2.26. The Kier molecular flexibility index (Phi) is 3.91. The van der Waals surface area contributed by atoms with Crippen LogP contribution in [0.4, 0.5) is 0 Å². The lowest BCUT2D eigenvalue weighted by Gasteiger charge is -2.09. The van der Waals surface area contributed by atoms with Gasteiger partial charge < -0.3 is 4.52 Å². The molecule has 0 amide bonds. The largest absolute Gasteiger partial charge is 0.338 e. The number of benzene rings is 1. The van der Waals surface area contributed by atoms with Gasteiger partial charge in [-0.1, -0.05) is 35.0 Å². The van der Waals surface area contributed by atoms with Crippen LogP contribution in [0.2, 0.25) is 5.02 Å². The molecule has 2 rings (SSSR count). The quantitative estimate of drug-likeness (QED) is 0.868. The summed E-state index contributed by atoms with van der Waals surface area (Å²) in [5.74, 6) is 0.356. The van der Waals surface area contributed by atoms with E-state index < -0.39 is 15.1 Å². The number of halogens is 1. The predicted octanol–water partition coefficient (Wildman–Crippen LogP) is 2.71. The van der Waals surface area contributed by atoms with Crippen molar-refractivity contribution in [3.05, 3.63) is 46.6 Å². The van der Waals surface area contributed by atoms with Crippen LogP contribution >= 0.6 is 11.6 Å². The molecule has 0 radical (unpaired) electrons. The smallest absolute Gasteiger partial charge is 0.244 e. The fourth-order valence-electron chi connectivity index (χ4n) is 1.59. The van der Waals surface area contributed by atoms with Crippen LogP contribution < -0.4 is 0 Å². The summed E-state index contributed by atoms with van der Waals surface area (Å²) in [7, 11) is -3.46. The van der Waals surface area contributed by atoms with Crippen molar-refractivity contribution in [3.8, 4) is 0 Å². The van der Waals surface area contributed by atoms with Crippen molar-refractivity contribution in [2.24, 2.45) is 0 Å². The summed E-state index contributed by atoms with van der Waals surface area (Å²) >= 11 is 5.97. The average molecular weight is 301 g/mol. The van der Waals surface area contributed by atoms with Crippen LogP contribution in [0.25, 0.3) is 0 Å². The molecule has 0 spiro atoms. The topological polar surface area (TPSA) is 73.1 Å². The van der Waals surface area contributed by atoms with Gasteiger partial charge in [-0.2, -0.15) is 4.98 Å². The molecule has 5 nitrogen and oxygen atoms in total. The fraction of sp³-hybridized carbons (Fsp3) is 0.333. The van der Waals surface area contributed by atoms with Gasteiger partial charge in [-0.25, -0.2) is 8.42 Å². The van der Waals surface area contributed by atoms with Crippen molar-refractivity contribution in [1.29, 1.82) is 0 Å². The van der Waals surface area contributed by atoms with Gasteiger partial charge in [0.25, 0.3) is 0 Å². The van der Waals surface area contributed by atoms with Crippen molar-refractivity contribution in [2.75, 3.05) is 0 Å². The molecule has 0 saturated heterocycles. The Morgan fingerprint density at radius 2 is 2.05 bits per heavy atom. The minimum atomic E-state index is -3.46. The molecule has 102 valence electrons. The highest BCUT2D eigenvalue weighted by molar-refractivity contribution is 7.90. The number of aryl methyl sites for hydroxylation is 1. The van der Waals surface area contributed by atoms with Crippen LogP contribution in [-0.4, -0.2) is 18.6 Å². The van der Waals surface area contributed by atoms with Crippen LogP contribution in [0.5, 0.6) is 0 Å². The van der Waals surface area contributed by atoms with Crippen LogP contribution in [0.3, 0.4) is 0 Å². The molecule has 0 bridgehead atoms. The van der Waals surface area contributed by atoms with Crippen LogP contribution in [0.15, 0.2) is 28.8 Å². The molecule has 2 aromatic rings. The summed E-state index contributed by atoms with van der Waals surface area (Å²) in [6.45, 7) is 3.17. The van der Waals surface area contributed by atoms with Gasteiger partial charge in [0.2, 0.25) is 5.89 Å². The second kappa shape index (κ2) is 5.30. The van der Waals surface area contributed by atoms with E-state index in [0.29, 0.717) is 16.4 Å². The first-order valence-electron chi connectivity index (χ1n) is 5.65. The molecule has 7 heteroatoms. The average Bonchev–Trinajstić information content (AvgIpc) is 2.77. The Hall–Kier alpha value is -1.40. The van der Waals surface area contributed by atoms with E-state index in [9.17, 15) is 8.42 Å². The van der Waals surface area contributed by atoms with Gasteiger partial charge in [0, 0.05) is 5.02 Å². The van der Waals surface area contributed by atoms with Gasteiger partial charge in [0.1, 0.15) is 5.25 Å². The maximum atomic E-state index is 12.3. The molecule has 0 saturated carbocycles. The third-order valence-corrected chi connectivity index (χ3v) is 5.11. The SMILES string of the molecule is Cc1noc(C(C)S(=O)(=O)Cc2ccccc2Cl)n1. The molecule has 19 heavy (non-hydrogen) atoms. The minimum Gasteiger partial charge on any atom is -0.338 e. The number of sulfone groups is 1. The number of hydrogen-bond acceptors (Lipinski definition) is 5. The summed E-state index contributed by atoms with van der Waals surface area (Å²) in [6.07, 6.45) is 0. The van der Waals surface area contributed by atoms with E-state index in [-0.39, 0.29) is 11.6 Å². The lowest BCUT2D eigenvalue weighted by molar-refractivity contribution is 0.373. The standard InChI is InChI=1S/C12H13ClN2O3S/c1-8(12-14-9(2)15-18-12)19(16,17)7-10-5-3-4-6-11(10)13/h3-6,8H,7H2,1-2H3. The Morgan fingerprint density at radius 1 is 1.37 bits per heavy atom.